The fourth-order valence-corrected chi connectivity index (χ4v) is 3.94. The van der Waals surface area contributed by atoms with Crippen LogP contribution in [0.25, 0.3) is 16.9 Å². The lowest BCUT2D eigenvalue weighted by Crippen LogP contribution is -2.26. The first-order chi connectivity index (χ1) is 12.8. The van der Waals surface area contributed by atoms with E-state index in [1.807, 2.05) is 41.0 Å². The van der Waals surface area contributed by atoms with Gasteiger partial charge in [0.15, 0.2) is 5.82 Å². The molecule has 1 saturated heterocycles. The third-order valence-electron chi connectivity index (χ3n) is 5.26. The van der Waals surface area contributed by atoms with E-state index in [-0.39, 0.29) is 5.78 Å². The fraction of sp³-hybridized carbons (Fsp3) is 0.350. The maximum absolute atomic E-state index is 12.5. The smallest absolute Gasteiger partial charge is 0.203 e. The average molecular weight is 347 g/mol. The van der Waals surface area contributed by atoms with Crippen molar-refractivity contribution in [3.8, 4) is 5.82 Å². The van der Waals surface area contributed by atoms with Crippen molar-refractivity contribution in [1.82, 2.24) is 19.4 Å². The molecular weight excluding hydrogens is 326 g/mol. The highest BCUT2D eigenvalue weighted by Crippen LogP contribution is 2.29. The minimum atomic E-state index is 0.0465. The summed E-state index contributed by atoms with van der Waals surface area (Å²) < 4.78 is 1.90. The highest BCUT2D eigenvalue weighted by atomic mass is 16.1. The molecule has 1 fully saturated rings. The van der Waals surface area contributed by atoms with E-state index in [0.29, 0.717) is 12.2 Å². The molecule has 0 unspecified atom stereocenters. The van der Waals surface area contributed by atoms with E-state index in [2.05, 4.69) is 15.2 Å². The number of ketones is 1. The first-order valence-electron chi connectivity index (χ1n) is 9.27. The van der Waals surface area contributed by atoms with Gasteiger partial charge in [0.2, 0.25) is 5.78 Å². The number of benzene rings is 1. The lowest BCUT2D eigenvalue weighted by Gasteiger charge is -2.19. The maximum atomic E-state index is 12.5. The van der Waals surface area contributed by atoms with Gasteiger partial charge >= 0.3 is 0 Å². The number of carbonyl (C=O) groups excluding carboxylic acids is 1. The van der Waals surface area contributed by atoms with Crippen molar-refractivity contribution in [3.63, 3.8) is 0 Å². The van der Waals surface area contributed by atoms with Crippen LogP contribution in [-0.4, -0.2) is 51.4 Å². The molecule has 26 heavy (non-hydrogen) atoms. The zero-order valence-corrected chi connectivity index (χ0v) is 14.6. The van der Waals surface area contributed by atoms with Crippen molar-refractivity contribution in [2.45, 2.75) is 19.3 Å². The van der Waals surface area contributed by atoms with Gasteiger partial charge in [-0.1, -0.05) is 18.2 Å². The summed E-state index contributed by atoms with van der Waals surface area (Å²) in [6, 6.07) is 11.8. The summed E-state index contributed by atoms with van der Waals surface area (Å²) >= 11 is 0. The zero-order chi connectivity index (χ0) is 17.5. The van der Waals surface area contributed by atoms with Gasteiger partial charge in [0, 0.05) is 25.1 Å². The van der Waals surface area contributed by atoms with Gasteiger partial charge in [-0.25, -0.2) is 9.97 Å². The Morgan fingerprint density at radius 2 is 1.88 bits per heavy atom. The molecule has 6 heteroatoms. The topological polar surface area (TPSA) is 63.1 Å². The molecule has 0 radical (unpaired) electrons. The van der Waals surface area contributed by atoms with Crippen LogP contribution in [0.3, 0.4) is 0 Å². The van der Waals surface area contributed by atoms with E-state index in [1.54, 1.807) is 0 Å². The number of pyridine rings is 1. The summed E-state index contributed by atoms with van der Waals surface area (Å²) in [5.74, 6) is 2.20. The van der Waals surface area contributed by atoms with E-state index < -0.39 is 0 Å². The second kappa shape index (κ2) is 6.21. The number of hydrogen-bond donors (Lipinski definition) is 1. The largest absolute Gasteiger partial charge is 0.369 e. The van der Waals surface area contributed by atoms with Crippen LogP contribution in [0.1, 0.15) is 29.0 Å². The highest BCUT2D eigenvalue weighted by Gasteiger charge is 2.27. The molecule has 1 aromatic carbocycles. The molecule has 0 amide bonds. The number of carbonyl (C=O) groups is 1. The molecule has 4 heterocycles. The van der Waals surface area contributed by atoms with Crippen molar-refractivity contribution >= 4 is 22.6 Å². The summed E-state index contributed by atoms with van der Waals surface area (Å²) in [4.78, 5) is 24.3. The number of anilines is 1. The summed E-state index contributed by atoms with van der Waals surface area (Å²) in [5, 5.41) is 3.43. The predicted molar refractivity (Wildman–Crippen MR) is 101 cm³/mol. The van der Waals surface area contributed by atoms with E-state index in [9.17, 15) is 4.79 Å². The van der Waals surface area contributed by atoms with E-state index in [4.69, 9.17) is 4.98 Å². The number of nitrogens with one attached hydrogen (secondary N) is 1. The third-order valence-corrected chi connectivity index (χ3v) is 5.26. The van der Waals surface area contributed by atoms with Crippen molar-refractivity contribution < 1.29 is 4.79 Å². The van der Waals surface area contributed by atoms with Crippen LogP contribution >= 0.6 is 0 Å². The van der Waals surface area contributed by atoms with Crippen molar-refractivity contribution in [1.29, 1.82) is 0 Å². The fourth-order valence-electron chi connectivity index (χ4n) is 3.94. The minimum Gasteiger partial charge on any atom is -0.369 e. The van der Waals surface area contributed by atoms with Crippen LogP contribution in [0.5, 0.6) is 0 Å². The Morgan fingerprint density at radius 3 is 2.77 bits per heavy atom. The van der Waals surface area contributed by atoms with Crippen molar-refractivity contribution in [2.75, 3.05) is 31.5 Å². The summed E-state index contributed by atoms with van der Waals surface area (Å²) in [6.45, 7) is 4.32. The van der Waals surface area contributed by atoms with Gasteiger partial charge in [0.1, 0.15) is 11.6 Å². The number of fused-ring (bicyclic) bond motifs is 5. The molecule has 5 rings (SSSR count). The Morgan fingerprint density at radius 1 is 1.04 bits per heavy atom. The van der Waals surface area contributed by atoms with Gasteiger partial charge in [-0.2, -0.15) is 0 Å². The molecule has 0 atom stereocenters. The molecule has 0 saturated carbocycles. The number of likely N-dealkylation sites (tertiary alicyclic amines) is 1. The van der Waals surface area contributed by atoms with Gasteiger partial charge in [-0.3, -0.25) is 9.36 Å². The van der Waals surface area contributed by atoms with Crippen molar-refractivity contribution in [2.24, 2.45) is 0 Å². The first kappa shape index (κ1) is 15.5. The highest BCUT2D eigenvalue weighted by molar-refractivity contribution is 6.01. The first-order valence-corrected chi connectivity index (χ1v) is 9.27. The Bertz CT molecular complexity index is 987. The molecule has 3 aromatic rings. The molecule has 2 aliphatic rings. The van der Waals surface area contributed by atoms with Crippen LogP contribution in [0, 0.1) is 0 Å². The van der Waals surface area contributed by atoms with Crippen LogP contribution in [0.4, 0.5) is 5.82 Å². The Hall–Kier alpha value is -2.73. The lowest BCUT2D eigenvalue weighted by molar-refractivity contribution is 0.0977. The van der Waals surface area contributed by atoms with Crippen molar-refractivity contribution in [3.05, 3.63) is 47.8 Å². The SMILES string of the molecule is O=C1Cc2ccc(NCCN3CCCC3)nc2-n2c1nc1ccccc12. The summed E-state index contributed by atoms with van der Waals surface area (Å²) in [5.41, 5.74) is 2.71. The molecule has 0 aliphatic carbocycles. The number of hydrogen-bond acceptors (Lipinski definition) is 5. The van der Waals surface area contributed by atoms with E-state index in [1.165, 1.54) is 25.9 Å². The second-order valence-electron chi connectivity index (χ2n) is 7.01. The molecule has 2 aromatic heterocycles. The molecular formula is C20H21N5O. The van der Waals surface area contributed by atoms with E-state index in [0.717, 1.165) is 41.3 Å². The minimum absolute atomic E-state index is 0.0465. The van der Waals surface area contributed by atoms with Crippen LogP contribution in [0.2, 0.25) is 0 Å². The number of Topliss-reactive ketones (excluding diaryl/α,β-unsaturated/α-hetero) is 1. The van der Waals surface area contributed by atoms with Gasteiger partial charge in [0.25, 0.3) is 0 Å². The number of para-hydroxylation sites is 2. The lowest BCUT2D eigenvalue weighted by atomic mass is 10.1. The quantitative estimate of drug-likeness (QED) is 0.786. The Labute approximate surface area is 151 Å². The molecule has 1 N–H and O–H groups in total. The normalized spacial score (nSPS) is 16.7. The summed E-state index contributed by atoms with van der Waals surface area (Å²) in [7, 11) is 0. The van der Waals surface area contributed by atoms with Gasteiger partial charge in [-0.05, 0) is 44.1 Å². The van der Waals surface area contributed by atoms with Gasteiger partial charge in [0.05, 0.1) is 11.0 Å². The van der Waals surface area contributed by atoms with Crippen LogP contribution in [-0.2, 0) is 6.42 Å². The van der Waals surface area contributed by atoms with Gasteiger partial charge in [-0.15, -0.1) is 0 Å². The number of rotatable bonds is 4. The number of nitrogens with zero attached hydrogens (tertiary/aromatic N) is 4. The zero-order valence-electron chi connectivity index (χ0n) is 14.6. The Kier molecular flexibility index (Phi) is 3.71. The van der Waals surface area contributed by atoms with Crippen LogP contribution in [0.15, 0.2) is 36.4 Å². The molecule has 132 valence electrons. The number of aromatic nitrogens is 3. The molecule has 2 aliphatic heterocycles. The second-order valence-corrected chi connectivity index (χ2v) is 7.01. The molecule has 0 spiro atoms. The third kappa shape index (κ3) is 2.57. The number of imidazole rings is 1. The maximum Gasteiger partial charge on any atom is 0.203 e. The standard InChI is InChI=1S/C20H21N5O/c26-17-13-14-7-8-18(21-9-12-24-10-3-4-11-24)23-19(14)25-16-6-2-1-5-15(16)22-20(17)25/h1-2,5-8H,3-4,9-13H2,(H,21,23). The summed E-state index contributed by atoms with van der Waals surface area (Å²) in [6.07, 6.45) is 2.98. The van der Waals surface area contributed by atoms with E-state index >= 15 is 0 Å². The molecule has 0 bridgehead atoms. The molecule has 6 nitrogen and oxygen atoms in total. The average Bonchev–Trinajstić information content (AvgIpc) is 3.30. The van der Waals surface area contributed by atoms with Crippen LogP contribution < -0.4 is 5.32 Å². The van der Waals surface area contributed by atoms with Gasteiger partial charge < -0.3 is 10.2 Å². The Balaban J connectivity index is 1.47. The monoisotopic (exact) mass is 347 g/mol. The predicted octanol–water partition coefficient (Wildman–Crippen LogP) is 2.67.